The Kier molecular flexibility index (Phi) is 3.99. The zero-order chi connectivity index (χ0) is 17.3. The summed E-state index contributed by atoms with van der Waals surface area (Å²) in [4.78, 5) is 23.8. The van der Waals surface area contributed by atoms with Crippen molar-refractivity contribution in [2.75, 3.05) is 10.6 Å². The van der Waals surface area contributed by atoms with Crippen molar-refractivity contribution < 1.29 is 22.8 Å². The maximum Gasteiger partial charge on any atom is 0.293 e. The molecule has 0 unspecified atom stereocenters. The van der Waals surface area contributed by atoms with Crippen molar-refractivity contribution in [1.29, 1.82) is 0 Å². The van der Waals surface area contributed by atoms with Crippen LogP contribution in [0.15, 0.2) is 46.9 Å². The highest BCUT2D eigenvalue weighted by Gasteiger charge is 2.21. The minimum absolute atomic E-state index is 0.0631. The maximum atomic E-state index is 13.2. The number of hydrogen-bond donors (Lipinski definition) is 2. The van der Waals surface area contributed by atoms with Crippen molar-refractivity contribution in [2.24, 2.45) is 0 Å². The fourth-order valence-electron chi connectivity index (χ4n) is 2.27. The third-order valence-corrected chi connectivity index (χ3v) is 3.28. The number of rotatable bonds is 3. The first kappa shape index (κ1) is 15.7. The van der Waals surface area contributed by atoms with E-state index in [1.807, 2.05) is 0 Å². The van der Waals surface area contributed by atoms with Gasteiger partial charge in [-0.25, -0.2) is 8.78 Å². The molecule has 0 aliphatic carbocycles. The van der Waals surface area contributed by atoms with E-state index in [1.165, 1.54) is 13.0 Å². The van der Waals surface area contributed by atoms with Crippen LogP contribution in [0.1, 0.15) is 17.5 Å². The monoisotopic (exact) mass is 330 g/mol. The first-order valence-electron chi connectivity index (χ1n) is 7.01. The quantitative estimate of drug-likeness (QED) is 0.764. The van der Waals surface area contributed by atoms with Crippen molar-refractivity contribution in [3.8, 4) is 0 Å². The molecule has 1 heterocycles. The van der Waals surface area contributed by atoms with Crippen molar-refractivity contribution in [3.05, 3.63) is 59.9 Å². The summed E-state index contributed by atoms with van der Waals surface area (Å²) in [5.74, 6) is -3.30. The molecule has 24 heavy (non-hydrogen) atoms. The summed E-state index contributed by atoms with van der Waals surface area (Å²) in [5, 5.41) is 5.52. The topological polar surface area (TPSA) is 71.3 Å². The summed E-state index contributed by atoms with van der Waals surface area (Å²) in [6.07, 6.45) is 0. The fourth-order valence-corrected chi connectivity index (χ4v) is 2.27. The van der Waals surface area contributed by atoms with Crippen LogP contribution in [0, 0.1) is 11.6 Å². The number of para-hydroxylation sites is 1. The van der Waals surface area contributed by atoms with Gasteiger partial charge in [-0.15, -0.1) is 0 Å². The Labute approximate surface area is 135 Å². The number of hydrogen-bond acceptors (Lipinski definition) is 3. The highest BCUT2D eigenvalue weighted by molar-refractivity contribution is 6.14. The van der Waals surface area contributed by atoms with Gasteiger partial charge in [-0.2, -0.15) is 0 Å². The molecule has 0 bridgehead atoms. The molecule has 122 valence electrons. The molecule has 0 saturated heterocycles. The van der Waals surface area contributed by atoms with Gasteiger partial charge in [0.2, 0.25) is 11.7 Å². The van der Waals surface area contributed by atoms with Gasteiger partial charge in [0.05, 0.1) is 0 Å². The minimum Gasteiger partial charge on any atom is -0.449 e. The molecule has 2 amide bonds. The van der Waals surface area contributed by atoms with Crippen LogP contribution in [-0.2, 0) is 4.79 Å². The van der Waals surface area contributed by atoms with Crippen LogP contribution in [-0.4, -0.2) is 11.8 Å². The molecule has 2 aromatic carbocycles. The van der Waals surface area contributed by atoms with Gasteiger partial charge in [-0.3, -0.25) is 9.59 Å². The lowest BCUT2D eigenvalue weighted by Gasteiger charge is -2.06. The Hall–Kier alpha value is -3.22. The second kappa shape index (κ2) is 6.11. The molecule has 2 N–H and O–H groups in total. The summed E-state index contributed by atoms with van der Waals surface area (Å²) < 4.78 is 31.7. The van der Waals surface area contributed by atoms with Crippen LogP contribution >= 0.6 is 0 Å². The normalized spacial score (nSPS) is 10.6. The van der Waals surface area contributed by atoms with E-state index in [1.54, 1.807) is 24.3 Å². The van der Waals surface area contributed by atoms with E-state index in [-0.39, 0.29) is 23.0 Å². The largest absolute Gasteiger partial charge is 0.449 e. The molecule has 3 rings (SSSR count). The SMILES string of the molecule is CC(=O)Nc1c(C(=O)Nc2ccc(F)c(F)c2)oc2ccccc12. The molecule has 0 fully saturated rings. The molecule has 3 aromatic rings. The standard InChI is InChI=1S/C17H12F2N2O3/c1-9(22)20-15-11-4-2-3-5-14(11)24-16(15)17(23)21-10-6-7-12(18)13(19)8-10/h2-8H,1H3,(H,20,22)(H,21,23). The number of nitrogens with one attached hydrogen (secondary N) is 2. The number of halogens is 2. The van der Waals surface area contributed by atoms with E-state index in [0.717, 1.165) is 12.1 Å². The molecular formula is C17H12F2N2O3. The molecule has 0 aliphatic rings. The predicted octanol–water partition coefficient (Wildman–Crippen LogP) is 3.92. The van der Waals surface area contributed by atoms with Crippen LogP contribution in [0.3, 0.4) is 0 Å². The number of amides is 2. The second-order valence-electron chi connectivity index (χ2n) is 5.07. The van der Waals surface area contributed by atoms with Crippen LogP contribution < -0.4 is 10.6 Å². The van der Waals surface area contributed by atoms with Gasteiger partial charge >= 0.3 is 0 Å². The Morgan fingerprint density at radius 2 is 1.75 bits per heavy atom. The lowest BCUT2D eigenvalue weighted by Crippen LogP contribution is -2.15. The van der Waals surface area contributed by atoms with Crippen molar-refractivity contribution in [1.82, 2.24) is 0 Å². The molecule has 0 spiro atoms. The van der Waals surface area contributed by atoms with Gasteiger partial charge in [0.15, 0.2) is 11.6 Å². The van der Waals surface area contributed by atoms with Crippen molar-refractivity contribution in [2.45, 2.75) is 6.92 Å². The van der Waals surface area contributed by atoms with E-state index in [0.29, 0.717) is 11.0 Å². The zero-order valence-corrected chi connectivity index (χ0v) is 12.5. The van der Waals surface area contributed by atoms with Gasteiger partial charge < -0.3 is 15.1 Å². The first-order chi connectivity index (χ1) is 11.5. The summed E-state index contributed by atoms with van der Waals surface area (Å²) in [6.45, 7) is 1.30. The average molecular weight is 330 g/mol. The Balaban J connectivity index is 1.99. The summed E-state index contributed by atoms with van der Waals surface area (Å²) in [6, 6.07) is 9.78. The van der Waals surface area contributed by atoms with Gasteiger partial charge in [-0.05, 0) is 24.3 Å². The van der Waals surface area contributed by atoms with E-state index in [2.05, 4.69) is 10.6 Å². The number of anilines is 2. The van der Waals surface area contributed by atoms with Crippen molar-refractivity contribution >= 4 is 34.2 Å². The summed E-state index contributed by atoms with van der Waals surface area (Å²) in [5.41, 5.74) is 0.697. The van der Waals surface area contributed by atoms with Crippen LogP contribution in [0.4, 0.5) is 20.2 Å². The molecule has 5 nitrogen and oxygen atoms in total. The lowest BCUT2D eigenvalue weighted by atomic mass is 10.2. The summed E-state index contributed by atoms with van der Waals surface area (Å²) in [7, 11) is 0. The highest BCUT2D eigenvalue weighted by Crippen LogP contribution is 2.31. The van der Waals surface area contributed by atoms with Crippen LogP contribution in [0.5, 0.6) is 0 Å². The van der Waals surface area contributed by atoms with Crippen LogP contribution in [0.25, 0.3) is 11.0 Å². The third kappa shape index (κ3) is 2.96. The third-order valence-electron chi connectivity index (χ3n) is 3.28. The van der Waals surface area contributed by atoms with Gasteiger partial charge in [0.1, 0.15) is 11.3 Å². The summed E-state index contributed by atoms with van der Waals surface area (Å²) >= 11 is 0. The number of carbonyl (C=O) groups is 2. The molecule has 0 saturated carbocycles. The molecule has 0 radical (unpaired) electrons. The zero-order valence-electron chi connectivity index (χ0n) is 12.5. The van der Waals surface area contributed by atoms with Crippen molar-refractivity contribution in [3.63, 3.8) is 0 Å². The molecule has 0 atom stereocenters. The van der Waals surface area contributed by atoms with Gasteiger partial charge in [0, 0.05) is 24.1 Å². The van der Waals surface area contributed by atoms with Gasteiger partial charge in [-0.1, -0.05) is 12.1 Å². The lowest BCUT2D eigenvalue weighted by molar-refractivity contribution is -0.114. The second-order valence-corrected chi connectivity index (χ2v) is 5.07. The fraction of sp³-hybridized carbons (Fsp3) is 0.0588. The van der Waals surface area contributed by atoms with E-state index >= 15 is 0 Å². The van der Waals surface area contributed by atoms with Crippen LogP contribution in [0.2, 0.25) is 0 Å². The number of carbonyl (C=O) groups excluding carboxylic acids is 2. The minimum atomic E-state index is -1.08. The Bertz CT molecular complexity index is 950. The number of furan rings is 1. The van der Waals surface area contributed by atoms with E-state index in [4.69, 9.17) is 4.42 Å². The van der Waals surface area contributed by atoms with E-state index in [9.17, 15) is 18.4 Å². The highest BCUT2D eigenvalue weighted by atomic mass is 19.2. The molecule has 0 aliphatic heterocycles. The molecule has 7 heteroatoms. The van der Waals surface area contributed by atoms with E-state index < -0.39 is 17.5 Å². The number of benzene rings is 2. The predicted molar refractivity (Wildman–Crippen MR) is 84.8 cm³/mol. The first-order valence-corrected chi connectivity index (χ1v) is 7.01. The average Bonchev–Trinajstić information content (AvgIpc) is 2.89. The Morgan fingerprint density at radius 3 is 2.46 bits per heavy atom. The van der Waals surface area contributed by atoms with Gasteiger partial charge in [0.25, 0.3) is 5.91 Å². The number of fused-ring (bicyclic) bond motifs is 1. The maximum absolute atomic E-state index is 13.2. The molecule has 1 aromatic heterocycles. The Morgan fingerprint density at radius 1 is 1.00 bits per heavy atom. The smallest absolute Gasteiger partial charge is 0.293 e. The molecular weight excluding hydrogens is 318 g/mol.